The van der Waals surface area contributed by atoms with Crippen molar-refractivity contribution in [2.24, 2.45) is 0 Å². The van der Waals surface area contributed by atoms with Gasteiger partial charge in [-0.15, -0.1) is 0 Å². The SMILES string of the molecule is CCC(Oc1cc(C(C)(C)CC)ccc1C(C)(C)CC)C(=O)N(CC)CC. The molecule has 0 aliphatic rings. The molecule has 0 saturated carbocycles. The maximum Gasteiger partial charge on any atom is 0.263 e. The minimum Gasteiger partial charge on any atom is -0.480 e. The highest BCUT2D eigenvalue weighted by molar-refractivity contribution is 5.81. The fourth-order valence-corrected chi connectivity index (χ4v) is 3.20. The lowest BCUT2D eigenvalue weighted by Gasteiger charge is -2.32. The van der Waals surface area contributed by atoms with Gasteiger partial charge in [0.25, 0.3) is 5.91 Å². The lowest BCUT2D eigenvalue weighted by molar-refractivity contribution is -0.138. The first kappa shape index (κ1) is 23.5. The van der Waals surface area contributed by atoms with E-state index in [0.717, 1.165) is 18.6 Å². The summed E-state index contributed by atoms with van der Waals surface area (Å²) in [6.07, 6.45) is 2.30. The van der Waals surface area contributed by atoms with Gasteiger partial charge in [-0.05, 0) is 61.1 Å². The number of rotatable bonds is 10. The van der Waals surface area contributed by atoms with Crippen LogP contribution in [0, 0.1) is 0 Å². The summed E-state index contributed by atoms with van der Waals surface area (Å²) < 4.78 is 6.42. The van der Waals surface area contributed by atoms with Crippen LogP contribution in [0.5, 0.6) is 5.75 Å². The summed E-state index contributed by atoms with van der Waals surface area (Å²) in [5, 5.41) is 0. The number of carbonyl (C=O) groups excluding carboxylic acids is 1. The maximum atomic E-state index is 12.9. The van der Waals surface area contributed by atoms with Gasteiger partial charge in [-0.1, -0.05) is 60.6 Å². The van der Waals surface area contributed by atoms with Crippen LogP contribution in [0.1, 0.15) is 92.7 Å². The molecular formula is C24H41NO2. The van der Waals surface area contributed by atoms with Crippen LogP contribution >= 0.6 is 0 Å². The van der Waals surface area contributed by atoms with E-state index in [9.17, 15) is 4.79 Å². The Hall–Kier alpha value is -1.51. The predicted molar refractivity (Wildman–Crippen MR) is 116 cm³/mol. The molecule has 1 unspecified atom stereocenters. The molecule has 1 atom stereocenters. The van der Waals surface area contributed by atoms with E-state index < -0.39 is 6.10 Å². The first-order chi connectivity index (χ1) is 12.6. The normalized spacial score (nSPS) is 13.4. The molecule has 1 rings (SSSR count). The smallest absolute Gasteiger partial charge is 0.263 e. The zero-order chi connectivity index (χ0) is 20.8. The van der Waals surface area contributed by atoms with Crippen molar-refractivity contribution < 1.29 is 9.53 Å². The van der Waals surface area contributed by atoms with Crippen molar-refractivity contribution in [3.63, 3.8) is 0 Å². The summed E-state index contributed by atoms with van der Waals surface area (Å²) in [6.45, 7) is 20.9. The molecule has 0 fully saturated rings. The van der Waals surface area contributed by atoms with E-state index in [-0.39, 0.29) is 16.7 Å². The molecule has 3 nitrogen and oxygen atoms in total. The number of hydrogen-bond acceptors (Lipinski definition) is 2. The number of hydrogen-bond donors (Lipinski definition) is 0. The second kappa shape index (κ2) is 9.61. The molecule has 1 aromatic rings. The van der Waals surface area contributed by atoms with Gasteiger partial charge in [0, 0.05) is 13.1 Å². The van der Waals surface area contributed by atoms with E-state index >= 15 is 0 Å². The monoisotopic (exact) mass is 375 g/mol. The Balaban J connectivity index is 3.39. The molecule has 1 amide bonds. The molecule has 3 heteroatoms. The second-order valence-corrected chi connectivity index (χ2v) is 8.71. The van der Waals surface area contributed by atoms with Crippen LogP contribution in [0.2, 0.25) is 0 Å². The van der Waals surface area contributed by atoms with Gasteiger partial charge in [0.2, 0.25) is 0 Å². The summed E-state index contributed by atoms with van der Waals surface area (Å²) in [7, 11) is 0. The molecule has 0 aliphatic heterocycles. The summed E-state index contributed by atoms with van der Waals surface area (Å²) >= 11 is 0. The molecule has 0 saturated heterocycles. The highest BCUT2D eigenvalue weighted by atomic mass is 16.5. The lowest BCUT2D eigenvalue weighted by atomic mass is 9.77. The van der Waals surface area contributed by atoms with Crippen LogP contribution in [-0.4, -0.2) is 30.0 Å². The molecule has 0 spiro atoms. The molecule has 0 heterocycles. The van der Waals surface area contributed by atoms with Gasteiger partial charge in [-0.25, -0.2) is 0 Å². The second-order valence-electron chi connectivity index (χ2n) is 8.71. The summed E-state index contributed by atoms with van der Waals surface area (Å²) in [5.41, 5.74) is 2.53. The Kier molecular flexibility index (Phi) is 8.38. The quantitative estimate of drug-likeness (QED) is 0.495. The van der Waals surface area contributed by atoms with Crippen LogP contribution in [-0.2, 0) is 15.6 Å². The largest absolute Gasteiger partial charge is 0.480 e. The number of nitrogens with zero attached hydrogens (tertiary/aromatic N) is 1. The number of amides is 1. The Morgan fingerprint density at radius 1 is 0.963 bits per heavy atom. The first-order valence-corrected chi connectivity index (χ1v) is 10.7. The van der Waals surface area contributed by atoms with Gasteiger partial charge in [-0.3, -0.25) is 4.79 Å². The molecular weight excluding hydrogens is 334 g/mol. The van der Waals surface area contributed by atoms with Gasteiger partial charge < -0.3 is 9.64 Å². The van der Waals surface area contributed by atoms with E-state index in [0.29, 0.717) is 19.5 Å². The Morgan fingerprint density at radius 2 is 1.52 bits per heavy atom. The standard InChI is InChI=1S/C24H41NO2/c1-10-20(22(26)25(13-4)14-5)27-21-17-18(23(6,7)11-2)15-16-19(21)24(8,9)12-3/h15-17,20H,10-14H2,1-9H3. The third kappa shape index (κ3) is 5.49. The van der Waals surface area contributed by atoms with Gasteiger partial charge >= 0.3 is 0 Å². The number of ether oxygens (including phenoxy) is 1. The van der Waals surface area contributed by atoms with Crippen LogP contribution in [0.25, 0.3) is 0 Å². The van der Waals surface area contributed by atoms with Crippen molar-refractivity contribution >= 4 is 5.91 Å². The zero-order valence-electron chi connectivity index (χ0n) is 19.1. The van der Waals surface area contributed by atoms with Crippen molar-refractivity contribution in [3.8, 4) is 5.75 Å². The summed E-state index contributed by atoms with van der Waals surface area (Å²) in [5.74, 6) is 0.955. The molecule has 0 radical (unpaired) electrons. The first-order valence-electron chi connectivity index (χ1n) is 10.7. The lowest BCUT2D eigenvalue weighted by Crippen LogP contribution is -2.41. The van der Waals surface area contributed by atoms with Crippen molar-refractivity contribution in [1.29, 1.82) is 0 Å². The average molecular weight is 376 g/mol. The van der Waals surface area contributed by atoms with Crippen LogP contribution in [0.15, 0.2) is 18.2 Å². The van der Waals surface area contributed by atoms with Gasteiger partial charge in [0.1, 0.15) is 5.75 Å². The van der Waals surface area contributed by atoms with E-state index in [1.54, 1.807) is 0 Å². The topological polar surface area (TPSA) is 29.5 Å². The van der Waals surface area contributed by atoms with Gasteiger partial charge in [0.05, 0.1) is 0 Å². The van der Waals surface area contributed by atoms with E-state index in [2.05, 4.69) is 59.7 Å². The minimum atomic E-state index is -0.434. The minimum absolute atomic E-state index is 0.000754. The predicted octanol–water partition coefficient (Wildman–Crippen LogP) is 6.09. The van der Waals surface area contributed by atoms with Crippen molar-refractivity contribution in [2.45, 2.75) is 98.5 Å². The Labute approximate surface area is 167 Å². The molecule has 27 heavy (non-hydrogen) atoms. The number of likely N-dealkylation sites (N-methyl/N-ethyl adjacent to an activating group) is 1. The molecule has 0 aromatic heterocycles. The van der Waals surface area contributed by atoms with Crippen molar-refractivity contribution in [2.75, 3.05) is 13.1 Å². The third-order valence-electron chi connectivity index (χ3n) is 6.25. The van der Waals surface area contributed by atoms with E-state index in [1.165, 1.54) is 11.1 Å². The highest BCUT2D eigenvalue weighted by Gasteiger charge is 2.29. The highest BCUT2D eigenvalue weighted by Crippen LogP contribution is 2.38. The van der Waals surface area contributed by atoms with Crippen LogP contribution in [0.4, 0.5) is 0 Å². The van der Waals surface area contributed by atoms with E-state index in [1.807, 2.05) is 25.7 Å². The molecule has 0 bridgehead atoms. The number of carbonyl (C=O) groups is 1. The Morgan fingerprint density at radius 3 is 1.96 bits per heavy atom. The van der Waals surface area contributed by atoms with Crippen molar-refractivity contribution in [3.05, 3.63) is 29.3 Å². The van der Waals surface area contributed by atoms with Crippen LogP contribution < -0.4 is 4.74 Å². The zero-order valence-corrected chi connectivity index (χ0v) is 19.1. The van der Waals surface area contributed by atoms with Crippen LogP contribution in [0.3, 0.4) is 0 Å². The average Bonchev–Trinajstić information content (AvgIpc) is 2.66. The Bertz CT molecular complexity index is 615. The molecule has 1 aromatic carbocycles. The fourth-order valence-electron chi connectivity index (χ4n) is 3.20. The molecule has 154 valence electrons. The van der Waals surface area contributed by atoms with E-state index in [4.69, 9.17) is 4.74 Å². The van der Waals surface area contributed by atoms with Gasteiger partial charge in [0.15, 0.2) is 6.10 Å². The fraction of sp³-hybridized carbons (Fsp3) is 0.708. The molecule has 0 N–H and O–H groups in total. The maximum absolute atomic E-state index is 12.9. The van der Waals surface area contributed by atoms with Crippen molar-refractivity contribution in [1.82, 2.24) is 4.90 Å². The third-order valence-corrected chi connectivity index (χ3v) is 6.25. The summed E-state index contributed by atoms with van der Waals surface area (Å²) in [6, 6.07) is 6.62. The molecule has 0 aliphatic carbocycles. The van der Waals surface area contributed by atoms with Gasteiger partial charge in [-0.2, -0.15) is 0 Å². The number of benzene rings is 1. The summed E-state index contributed by atoms with van der Waals surface area (Å²) in [4.78, 5) is 14.8.